The molecule has 2 heterocycles. The lowest BCUT2D eigenvalue weighted by Gasteiger charge is -2.28. The van der Waals surface area contributed by atoms with Crippen LogP contribution < -0.4 is 10.7 Å². The molecule has 5 nitrogen and oxygen atoms in total. The van der Waals surface area contributed by atoms with Crippen molar-refractivity contribution in [1.82, 2.24) is 15.8 Å². The topological polar surface area (TPSA) is 56.7 Å². The second kappa shape index (κ2) is 5.20. The van der Waals surface area contributed by atoms with Crippen molar-refractivity contribution in [3.8, 4) is 0 Å². The van der Waals surface area contributed by atoms with Gasteiger partial charge in [-0.25, -0.2) is 5.01 Å². The third-order valence-corrected chi connectivity index (χ3v) is 3.86. The molecule has 0 bridgehead atoms. The molecule has 2 N–H and O–H groups in total. The Morgan fingerprint density at radius 1 is 1.40 bits per heavy atom. The van der Waals surface area contributed by atoms with Gasteiger partial charge in [0.2, 0.25) is 0 Å². The maximum absolute atomic E-state index is 12.3. The van der Waals surface area contributed by atoms with Gasteiger partial charge in [-0.1, -0.05) is 41.5 Å². The summed E-state index contributed by atoms with van der Waals surface area (Å²) >= 11 is 0. The van der Waals surface area contributed by atoms with E-state index in [-0.39, 0.29) is 17.4 Å². The molecule has 1 amide bonds. The van der Waals surface area contributed by atoms with Crippen LogP contribution in [0, 0.1) is 11.3 Å². The van der Waals surface area contributed by atoms with Crippen LogP contribution in [0.3, 0.4) is 0 Å². The summed E-state index contributed by atoms with van der Waals surface area (Å²) < 4.78 is 0. The Morgan fingerprint density at radius 3 is 2.55 bits per heavy atom. The van der Waals surface area contributed by atoms with Crippen molar-refractivity contribution in [2.75, 3.05) is 13.1 Å². The summed E-state index contributed by atoms with van der Waals surface area (Å²) in [5, 5.41) is 5.06. The van der Waals surface area contributed by atoms with E-state index >= 15 is 0 Å². The van der Waals surface area contributed by atoms with E-state index in [9.17, 15) is 4.79 Å². The van der Waals surface area contributed by atoms with Crippen LogP contribution in [0.1, 0.15) is 41.5 Å². The molecule has 0 aromatic carbocycles. The van der Waals surface area contributed by atoms with Gasteiger partial charge >= 0.3 is 0 Å². The van der Waals surface area contributed by atoms with Crippen LogP contribution in [0.4, 0.5) is 0 Å². The van der Waals surface area contributed by atoms with Crippen LogP contribution in [0.2, 0.25) is 0 Å². The zero-order valence-electron chi connectivity index (χ0n) is 13.4. The summed E-state index contributed by atoms with van der Waals surface area (Å²) in [5.41, 5.74) is 5.72. The zero-order chi connectivity index (χ0) is 15.1. The van der Waals surface area contributed by atoms with Gasteiger partial charge in [0.15, 0.2) is 0 Å². The van der Waals surface area contributed by atoms with Crippen molar-refractivity contribution in [3.05, 3.63) is 11.4 Å². The highest BCUT2D eigenvalue weighted by Crippen LogP contribution is 2.30. The van der Waals surface area contributed by atoms with Gasteiger partial charge in [0.1, 0.15) is 5.70 Å². The van der Waals surface area contributed by atoms with Crippen molar-refractivity contribution in [2.24, 2.45) is 16.3 Å². The number of amides is 1. The molecule has 2 aliphatic rings. The fraction of sp³-hybridized carbons (Fsp3) is 0.733. The fourth-order valence-corrected chi connectivity index (χ4v) is 2.68. The van der Waals surface area contributed by atoms with Crippen LogP contribution >= 0.6 is 0 Å². The van der Waals surface area contributed by atoms with E-state index in [1.54, 1.807) is 0 Å². The van der Waals surface area contributed by atoms with Crippen molar-refractivity contribution < 1.29 is 4.79 Å². The van der Waals surface area contributed by atoms with Gasteiger partial charge in [-0.15, -0.1) is 0 Å². The Balaban J connectivity index is 2.48. The normalized spacial score (nSPS) is 24.2. The van der Waals surface area contributed by atoms with Crippen molar-refractivity contribution >= 4 is 11.6 Å². The summed E-state index contributed by atoms with van der Waals surface area (Å²) in [6.45, 7) is 14.2. The van der Waals surface area contributed by atoms with E-state index in [1.165, 1.54) is 0 Å². The van der Waals surface area contributed by atoms with Gasteiger partial charge in [0.05, 0.1) is 18.3 Å². The predicted molar refractivity (Wildman–Crippen MR) is 81.1 cm³/mol. The van der Waals surface area contributed by atoms with E-state index in [1.807, 2.05) is 0 Å². The molecule has 1 unspecified atom stereocenters. The third kappa shape index (κ3) is 2.59. The van der Waals surface area contributed by atoms with Gasteiger partial charge < -0.3 is 10.7 Å². The summed E-state index contributed by atoms with van der Waals surface area (Å²) in [4.78, 5) is 17.1. The molecule has 0 aromatic rings. The minimum Gasteiger partial charge on any atom is -0.345 e. The lowest BCUT2D eigenvalue weighted by atomic mass is 9.89. The Bertz CT molecular complexity index is 471. The lowest BCUT2D eigenvalue weighted by molar-refractivity contribution is -0.117. The minimum atomic E-state index is -0.0513. The maximum atomic E-state index is 12.3. The molecule has 0 aromatic heterocycles. The molecule has 2 aliphatic heterocycles. The predicted octanol–water partition coefficient (Wildman–Crippen LogP) is 1.68. The highest BCUT2D eigenvalue weighted by molar-refractivity contribution is 6.02. The molecule has 112 valence electrons. The molecule has 5 heteroatoms. The van der Waals surface area contributed by atoms with Crippen LogP contribution in [-0.2, 0) is 4.79 Å². The van der Waals surface area contributed by atoms with E-state index in [2.05, 4.69) is 57.3 Å². The molecular weight excluding hydrogens is 252 g/mol. The van der Waals surface area contributed by atoms with Crippen LogP contribution in [-0.4, -0.2) is 35.8 Å². The number of nitrogens with zero attached hydrogens (tertiary/aromatic N) is 2. The van der Waals surface area contributed by atoms with Crippen LogP contribution in [0.15, 0.2) is 16.4 Å². The van der Waals surface area contributed by atoms with Gasteiger partial charge in [-0.3, -0.25) is 9.79 Å². The monoisotopic (exact) mass is 278 g/mol. The number of hydrazine groups is 1. The SMILES string of the molecule is CCN1NC2=C(N=C(C(C)(C)C)CNC2=O)C1C(C)C. The van der Waals surface area contributed by atoms with Gasteiger partial charge in [-0.05, 0) is 5.92 Å². The maximum Gasteiger partial charge on any atom is 0.270 e. The summed E-state index contributed by atoms with van der Waals surface area (Å²) in [6, 6.07) is 0.149. The molecule has 20 heavy (non-hydrogen) atoms. The standard InChI is InChI=1S/C15H26N4O/c1-7-19-13(9(2)3)11-12(18-19)14(20)16-8-10(17-11)15(4,5)6/h9,13,18H,7-8H2,1-6H3,(H,16,20). The molecule has 0 fully saturated rings. The number of nitrogens with one attached hydrogen (secondary N) is 2. The number of hydrogen-bond donors (Lipinski definition) is 2. The zero-order valence-corrected chi connectivity index (χ0v) is 13.4. The number of carbonyl (C=O) groups is 1. The van der Waals surface area contributed by atoms with Crippen LogP contribution in [0.25, 0.3) is 0 Å². The van der Waals surface area contributed by atoms with E-state index in [0.717, 1.165) is 18.0 Å². The first-order valence-electron chi connectivity index (χ1n) is 7.39. The number of carbonyl (C=O) groups excluding carboxylic acids is 1. The number of aliphatic imine (C=N–C) groups is 1. The molecule has 0 aliphatic carbocycles. The second-order valence-electron chi connectivity index (χ2n) is 6.84. The number of hydrogen-bond acceptors (Lipinski definition) is 4. The first-order valence-corrected chi connectivity index (χ1v) is 7.39. The Morgan fingerprint density at radius 2 is 2.05 bits per heavy atom. The highest BCUT2D eigenvalue weighted by Gasteiger charge is 2.39. The summed E-state index contributed by atoms with van der Waals surface area (Å²) in [5.74, 6) is 0.343. The van der Waals surface area contributed by atoms with Crippen molar-refractivity contribution in [1.29, 1.82) is 0 Å². The first-order chi connectivity index (χ1) is 9.25. The van der Waals surface area contributed by atoms with Gasteiger partial charge in [-0.2, -0.15) is 0 Å². The average molecular weight is 278 g/mol. The Hall–Kier alpha value is -1.36. The molecule has 0 saturated carbocycles. The molecule has 0 saturated heterocycles. The second-order valence-corrected chi connectivity index (χ2v) is 6.84. The largest absolute Gasteiger partial charge is 0.345 e. The van der Waals surface area contributed by atoms with Gasteiger partial charge in [0.25, 0.3) is 5.91 Å². The third-order valence-electron chi connectivity index (χ3n) is 3.86. The van der Waals surface area contributed by atoms with Crippen LogP contribution in [0.5, 0.6) is 0 Å². The molecular formula is C15H26N4O. The molecule has 0 radical (unpaired) electrons. The van der Waals surface area contributed by atoms with E-state index in [4.69, 9.17) is 4.99 Å². The van der Waals surface area contributed by atoms with Gasteiger partial charge in [0, 0.05) is 17.7 Å². The van der Waals surface area contributed by atoms with E-state index < -0.39 is 0 Å². The Labute approximate surface area is 121 Å². The molecule has 0 spiro atoms. The minimum absolute atomic E-state index is 0.0447. The quantitative estimate of drug-likeness (QED) is 0.808. The van der Waals surface area contributed by atoms with Crippen molar-refractivity contribution in [3.63, 3.8) is 0 Å². The smallest absolute Gasteiger partial charge is 0.270 e. The number of likely N-dealkylation sites (N-methyl/N-ethyl adjacent to an activating group) is 1. The lowest BCUT2D eigenvalue weighted by Crippen LogP contribution is -2.44. The van der Waals surface area contributed by atoms with Crippen molar-refractivity contribution in [2.45, 2.75) is 47.6 Å². The first kappa shape index (κ1) is 15.0. The number of rotatable bonds is 2. The molecule has 2 rings (SSSR count). The average Bonchev–Trinajstić information content (AvgIpc) is 2.63. The highest BCUT2D eigenvalue weighted by atomic mass is 16.2. The molecule has 1 atom stereocenters. The fourth-order valence-electron chi connectivity index (χ4n) is 2.68. The summed E-state index contributed by atoms with van der Waals surface area (Å²) in [7, 11) is 0. The summed E-state index contributed by atoms with van der Waals surface area (Å²) in [6.07, 6.45) is 0. The Kier molecular flexibility index (Phi) is 3.91. The van der Waals surface area contributed by atoms with E-state index in [0.29, 0.717) is 18.2 Å².